The first-order valence-electron chi connectivity index (χ1n) is 7.92. The van der Waals surface area contributed by atoms with E-state index < -0.39 is 0 Å². The number of benzene rings is 1. The van der Waals surface area contributed by atoms with Gasteiger partial charge in [-0.1, -0.05) is 18.2 Å². The molecule has 2 heterocycles. The molecule has 6 nitrogen and oxygen atoms in total. The van der Waals surface area contributed by atoms with Gasteiger partial charge in [0.1, 0.15) is 0 Å². The molecule has 0 aromatic heterocycles. The molecule has 0 unspecified atom stereocenters. The number of carbonyl (C=O) groups excluding carboxylic acids is 2. The normalized spacial score (nSPS) is 23.7. The highest BCUT2D eigenvalue weighted by molar-refractivity contribution is 7.99. The van der Waals surface area contributed by atoms with Crippen molar-refractivity contribution in [2.45, 2.75) is 12.5 Å². The summed E-state index contributed by atoms with van der Waals surface area (Å²) < 4.78 is 0. The van der Waals surface area contributed by atoms with Gasteiger partial charge in [-0.3, -0.25) is 4.79 Å². The van der Waals surface area contributed by atoms with E-state index in [4.69, 9.17) is 0 Å². The molecule has 1 aromatic carbocycles. The molecule has 3 rings (SSSR count). The van der Waals surface area contributed by atoms with Crippen LogP contribution in [0.2, 0.25) is 0 Å². The van der Waals surface area contributed by atoms with Crippen molar-refractivity contribution in [1.29, 1.82) is 0 Å². The SMILES string of the molecule is O=C(NC[C@@H]1CN[C@H](C(=O)N2CCSC2)C1)Nc1ccccc1. The molecule has 124 valence electrons. The molecule has 0 bridgehead atoms. The molecule has 0 spiro atoms. The molecular weight excluding hydrogens is 312 g/mol. The van der Waals surface area contributed by atoms with E-state index in [0.29, 0.717) is 12.5 Å². The van der Waals surface area contributed by atoms with E-state index in [1.54, 1.807) is 11.8 Å². The molecule has 2 aliphatic rings. The van der Waals surface area contributed by atoms with Gasteiger partial charge in [-0.2, -0.15) is 0 Å². The number of thioether (sulfide) groups is 1. The first-order valence-corrected chi connectivity index (χ1v) is 9.07. The number of anilines is 1. The number of hydrogen-bond acceptors (Lipinski definition) is 4. The number of para-hydroxylation sites is 1. The van der Waals surface area contributed by atoms with Crippen molar-refractivity contribution in [1.82, 2.24) is 15.5 Å². The standard InChI is InChI=1S/C16H22N4O2S/c21-15(20-6-7-23-11-20)14-8-12(9-17-14)10-18-16(22)19-13-4-2-1-3-5-13/h1-5,12,14,17H,6-11H2,(H2,18,19,22)/t12-,14-/m0/s1. The van der Waals surface area contributed by atoms with Gasteiger partial charge in [0.15, 0.2) is 0 Å². The van der Waals surface area contributed by atoms with Gasteiger partial charge < -0.3 is 20.9 Å². The van der Waals surface area contributed by atoms with Gasteiger partial charge in [0.2, 0.25) is 5.91 Å². The fourth-order valence-corrected chi connectivity index (χ4v) is 3.85. The van der Waals surface area contributed by atoms with Gasteiger partial charge in [-0.05, 0) is 24.5 Å². The van der Waals surface area contributed by atoms with Crippen LogP contribution in [0.3, 0.4) is 0 Å². The summed E-state index contributed by atoms with van der Waals surface area (Å²) in [6.45, 7) is 2.19. The fourth-order valence-electron chi connectivity index (χ4n) is 2.89. The molecule has 3 amide bonds. The highest BCUT2D eigenvalue weighted by Gasteiger charge is 2.33. The van der Waals surface area contributed by atoms with Crippen LogP contribution in [0.15, 0.2) is 30.3 Å². The summed E-state index contributed by atoms with van der Waals surface area (Å²) in [6, 6.07) is 9.05. The Bertz CT molecular complexity index is 548. The van der Waals surface area contributed by atoms with E-state index in [2.05, 4.69) is 16.0 Å². The van der Waals surface area contributed by atoms with E-state index in [1.165, 1.54) is 0 Å². The molecule has 2 atom stereocenters. The topological polar surface area (TPSA) is 73.5 Å². The largest absolute Gasteiger partial charge is 0.338 e. The lowest BCUT2D eigenvalue weighted by Gasteiger charge is -2.19. The Kier molecular flexibility index (Phi) is 5.40. The quantitative estimate of drug-likeness (QED) is 0.776. The first-order chi connectivity index (χ1) is 11.2. The highest BCUT2D eigenvalue weighted by Crippen LogP contribution is 2.19. The predicted octanol–water partition coefficient (Wildman–Crippen LogP) is 1.32. The fraction of sp³-hybridized carbons (Fsp3) is 0.500. The maximum absolute atomic E-state index is 12.3. The third-order valence-electron chi connectivity index (χ3n) is 4.17. The third kappa shape index (κ3) is 4.39. The molecule has 0 radical (unpaired) electrons. The average Bonchev–Trinajstić information content (AvgIpc) is 3.25. The number of nitrogens with one attached hydrogen (secondary N) is 3. The number of amides is 3. The summed E-state index contributed by atoms with van der Waals surface area (Å²) in [6.07, 6.45) is 0.783. The van der Waals surface area contributed by atoms with Crippen molar-refractivity contribution in [3.63, 3.8) is 0 Å². The van der Waals surface area contributed by atoms with Gasteiger partial charge in [0.05, 0.1) is 11.9 Å². The maximum atomic E-state index is 12.3. The van der Waals surface area contributed by atoms with Gasteiger partial charge in [0, 0.05) is 31.1 Å². The van der Waals surface area contributed by atoms with Crippen LogP contribution < -0.4 is 16.0 Å². The van der Waals surface area contributed by atoms with Gasteiger partial charge >= 0.3 is 6.03 Å². The minimum absolute atomic E-state index is 0.0994. The number of rotatable bonds is 4. The van der Waals surface area contributed by atoms with Crippen LogP contribution in [-0.4, -0.2) is 54.1 Å². The summed E-state index contributed by atoms with van der Waals surface area (Å²) in [7, 11) is 0. The zero-order valence-corrected chi connectivity index (χ0v) is 13.8. The lowest BCUT2D eigenvalue weighted by molar-refractivity contribution is -0.131. The lowest BCUT2D eigenvalue weighted by atomic mass is 10.1. The van der Waals surface area contributed by atoms with Crippen LogP contribution in [-0.2, 0) is 4.79 Å². The van der Waals surface area contributed by atoms with E-state index in [1.807, 2.05) is 35.2 Å². The zero-order chi connectivity index (χ0) is 16.1. The molecular formula is C16H22N4O2S. The minimum Gasteiger partial charge on any atom is -0.338 e. The monoisotopic (exact) mass is 334 g/mol. The Balaban J connectivity index is 1.39. The Morgan fingerprint density at radius 1 is 1.30 bits per heavy atom. The van der Waals surface area contributed by atoms with Gasteiger partial charge in [0.25, 0.3) is 0 Å². The number of nitrogens with zero attached hydrogens (tertiary/aromatic N) is 1. The zero-order valence-electron chi connectivity index (χ0n) is 13.0. The van der Waals surface area contributed by atoms with Gasteiger partial charge in [-0.15, -0.1) is 11.8 Å². The van der Waals surface area contributed by atoms with Crippen molar-refractivity contribution in [3.8, 4) is 0 Å². The van der Waals surface area contributed by atoms with Crippen molar-refractivity contribution in [2.75, 3.05) is 36.6 Å². The molecule has 1 aromatic rings. The smallest absolute Gasteiger partial charge is 0.319 e. The maximum Gasteiger partial charge on any atom is 0.319 e. The van der Waals surface area contributed by atoms with Crippen LogP contribution in [0.4, 0.5) is 10.5 Å². The predicted molar refractivity (Wildman–Crippen MR) is 92.4 cm³/mol. The van der Waals surface area contributed by atoms with E-state index >= 15 is 0 Å². The highest BCUT2D eigenvalue weighted by atomic mass is 32.2. The van der Waals surface area contributed by atoms with Crippen molar-refractivity contribution in [3.05, 3.63) is 30.3 Å². The molecule has 0 saturated carbocycles. The van der Waals surface area contributed by atoms with Gasteiger partial charge in [-0.25, -0.2) is 4.79 Å². The number of hydrogen-bond donors (Lipinski definition) is 3. The van der Waals surface area contributed by atoms with Crippen molar-refractivity contribution in [2.24, 2.45) is 5.92 Å². The lowest BCUT2D eigenvalue weighted by Crippen LogP contribution is -2.42. The van der Waals surface area contributed by atoms with E-state index in [0.717, 1.165) is 36.8 Å². The second-order valence-electron chi connectivity index (χ2n) is 5.90. The minimum atomic E-state index is -0.207. The molecule has 23 heavy (non-hydrogen) atoms. The Labute approximate surface area is 140 Å². The van der Waals surface area contributed by atoms with Crippen LogP contribution in [0.5, 0.6) is 0 Å². The average molecular weight is 334 g/mol. The van der Waals surface area contributed by atoms with Crippen LogP contribution >= 0.6 is 11.8 Å². The Morgan fingerprint density at radius 3 is 2.87 bits per heavy atom. The number of carbonyl (C=O) groups is 2. The van der Waals surface area contributed by atoms with Crippen LogP contribution in [0.1, 0.15) is 6.42 Å². The second-order valence-corrected chi connectivity index (χ2v) is 6.98. The molecule has 0 aliphatic carbocycles. The van der Waals surface area contributed by atoms with Crippen LogP contribution in [0, 0.1) is 5.92 Å². The summed E-state index contributed by atoms with van der Waals surface area (Å²) in [4.78, 5) is 26.1. The molecule has 2 fully saturated rings. The van der Waals surface area contributed by atoms with Crippen molar-refractivity contribution >= 4 is 29.4 Å². The summed E-state index contributed by atoms with van der Waals surface area (Å²) in [5, 5.41) is 8.96. The Hall–Kier alpha value is -1.73. The third-order valence-corrected chi connectivity index (χ3v) is 5.13. The first kappa shape index (κ1) is 16.1. The molecule has 2 aliphatic heterocycles. The van der Waals surface area contributed by atoms with Crippen molar-refractivity contribution < 1.29 is 9.59 Å². The summed E-state index contributed by atoms with van der Waals surface area (Å²) >= 11 is 1.80. The number of urea groups is 1. The summed E-state index contributed by atoms with van der Waals surface area (Å²) in [5.74, 6) is 2.33. The molecule has 3 N–H and O–H groups in total. The summed E-state index contributed by atoms with van der Waals surface area (Å²) in [5.41, 5.74) is 0.772. The molecule has 7 heteroatoms. The second kappa shape index (κ2) is 7.70. The molecule has 2 saturated heterocycles. The van der Waals surface area contributed by atoms with E-state index in [9.17, 15) is 9.59 Å². The van der Waals surface area contributed by atoms with E-state index in [-0.39, 0.29) is 18.0 Å². The Morgan fingerprint density at radius 2 is 2.13 bits per heavy atom. The van der Waals surface area contributed by atoms with Crippen LogP contribution in [0.25, 0.3) is 0 Å².